The average Bonchev–Trinajstić information content (AvgIpc) is 3.46. The van der Waals surface area contributed by atoms with Gasteiger partial charge in [-0.05, 0) is 79.0 Å². The Morgan fingerprint density at radius 1 is 0.837 bits per heavy atom. The largest absolute Gasteiger partial charge is 0.339 e. The Balaban J connectivity index is 0.000000491. The third kappa shape index (κ3) is 6.66. The number of aromatic amines is 1. The third-order valence-electron chi connectivity index (χ3n) is 7.85. The molecular weight excluding hydrogens is 549 g/mol. The van der Waals surface area contributed by atoms with Gasteiger partial charge in [-0.15, -0.1) is 11.8 Å². The summed E-state index contributed by atoms with van der Waals surface area (Å²) in [5, 5.41) is 5.58. The van der Waals surface area contributed by atoms with Crippen LogP contribution in [-0.2, 0) is 10.5 Å². The van der Waals surface area contributed by atoms with Crippen molar-refractivity contribution in [2.24, 2.45) is 0 Å². The number of H-pyrrole nitrogens is 1. The molecule has 1 fully saturated rings. The Hall–Kier alpha value is -4.39. The maximum absolute atomic E-state index is 11.2. The van der Waals surface area contributed by atoms with Gasteiger partial charge in [0.2, 0.25) is 6.41 Å². The molecular formula is C37H36N4OS. The minimum atomic E-state index is 0.817. The zero-order valence-corrected chi connectivity index (χ0v) is 25.2. The highest BCUT2D eigenvalue weighted by Crippen LogP contribution is 2.41. The van der Waals surface area contributed by atoms with E-state index in [1.165, 1.54) is 48.2 Å². The fraction of sp³-hybridized carbons (Fsp3) is 0.189. The number of pyridine rings is 1. The van der Waals surface area contributed by atoms with Crippen LogP contribution in [0.3, 0.4) is 0 Å². The molecule has 1 aliphatic heterocycles. The smallest absolute Gasteiger partial charge is 0.213 e. The van der Waals surface area contributed by atoms with Crippen LogP contribution in [0, 0.1) is 0 Å². The second-order valence-corrected chi connectivity index (χ2v) is 11.9. The van der Waals surface area contributed by atoms with E-state index in [0.717, 1.165) is 56.7 Å². The lowest BCUT2D eigenvalue weighted by atomic mass is 9.92. The van der Waals surface area contributed by atoms with Gasteiger partial charge < -0.3 is 15.2 Å². The predicted molar refractivity (Wildman–Crippen MR) is 182 cm³/mol. The van der Waals surface area contributed by atoms with Crippen LogP contribution in [0.25, 0.3) is 44.2 Å². The molecule has 2 N–H and O–H groups in total. The second-order valence-electron chi connectivity index (χ2n) is 10.8. The number of fused-ring (bicyclic) bond motifs is 3. The molecule has 1 aliphatic rings. The molecule has 1 amide bonds. The summed E-state index contributed by atoms with van der Waals surface area (Å²) in [6, 6.07) is 35.7. The Morgan fingerprint density at radius 2 is 1.56 bits per heavy atom. The van der Waals surface area contributed by atoms with Gasteiger partial charge in [0.25, 0.3) is 0 Å². The number of amides is 1. The number of rotatable bonds is 7. The molecule has 6 aromatic rings. The van der Waals surface area contributed by atoms with Crippen molar-refractivity contribution in [2.75, 3.05) is 25.0 Å². The van der Waals surface area contributed by atoms with Crippen LogP contribution in [-0.4, -0.2) is 36.5 Å². The van der Waals surface area contributed by atoms with Gasteiger partial charge in [0.1, 0.15) is 5.65 Å². The Labute approximate surface area is 257 Å². The van der Waals surface area contributed by atoms with Gasteiger partial charge in [-0.2, -0.15) is 0 Å². The molecule has 0 radical (unpaired) electrons. The van der Waals surface area contributed by atoms with Gasteiger partial charge in [-0.25, -0.2) is 4.98 Å². The van der Waals surface area contributed by atoms with E-state index in [9.17, 15) is 4.79 Å². The molecule has 0 aliphatic carbocycles. The quantitative estimate of drug-likeness (QED) is 0.146. The molecule has 0 unspecified atom stereocenters. The summed E-state index contributed by atoms with van der Waals surface area (Å²) in [5.41, 5.74) is 8.49. The number of nitrogens with one attached hydrogen (secondary N) is 2. The van der Waals surface area contributed by atoms with Crippen molar-refractivity contribution >= 4 is 45.8 Å². The maximum Gasteiger partial charge on any atom is 0.213 e. The van der Waals surface area contributed by atoms with Gasteiger partial charge in [-0.3, -0.25) is 4.79 Å². The van der Waals surface area contributed by atoms with Crippen LogP contribution in [0.1, 0.15) is 24.8 Å². The number of anilines is 1. The van der Waals surface area contributed by atoms with Gasteiger partial charge in [0, 0.05) is 57.0 Å². The van der Waals surface area contributed by atoms with Crippen molar-refractivity contribution in [3.05, 3.63) is 115 Å². The summed E-state index contributed by atoms with van der Waals surface area (Å²) in [6.45, 7) is 2.50. The highest BCUT2D eigenvalue weighted by Gasteiger charge is 2.18. The van der Waals surface area contributed by atoms with Crippen molar-refractivity contribution in [1.29, 1.82) is 0 Å². The summed E-state index contributed by atoms with van der Waals surface area (Å²) < 4.78 is 0. The summed E-state index contributed by atoms with van der Waals surface area (Å²) >= 11 is 1.84. The van der Waals surface area contributed by atoms with E-state index in [-0.39, 0.29) is 0 Å². The van der Waals surface area contributed by atoms with Gasteiger partial charge >= 0.3 is 0 Å². The van der Waals surface area contributed by atoms with Gasteiger partial charge in [0.05, 0.1) is 0 Å². The first kappa shape index (κ1) is 28.7. The zero-order valence-electron chi connectivity index (χ0n) is 24.4. The highest BCUT2D eigenvalue weighted by atomic mass is 32.2. The monoisotopic (exact) mass is 584 g/mol. The van der Waals surface area contributed by atoms with Gasteiger partial charge in [-0.1, -0.05) is 73.2 Å². The fourth-order valence-corrected chi connectivity index (χ4v) is 6.40. The summed E-state index contributed by atoms with van der Waals surface area (Å²) in [7, 11) is 1.75. The number of hydrogen-bond acceptors (Lipinski definition) is 4. The zero-order chi connectivity index (χ0) is 29.4. The molecule has 2 aromatic heterocycles. The minimum Gasteiger partial charge on any atom is -0.339 e. The molecule has 0 atom stereocenters. The number of nitrogens with zero attached hydrogens (tertiary/aromatic N) is 2. The molecule has 6 heteroatoms. The Bertz CT molecular complexity index is 1780. The molecule has 1 saturated heterocycles. The number of piperidine rings is 1. The number of carbonyl (C=O) groups excluding carboxylic acids is 1. The normalized spacial score (nSPS) is 13.0. The lowest BCUT2D eigenvalue weighted by Crippen LogP contribution is -2.21. The van der Waals surface area contributed by atoms with Crippen LogP contribution in [0.2, 0.25) is 0 Å². The summed E-state index contributed by atoms with van der Waals surface area (Å²) in [6.07, 6.45) is 6.98. The van der Waals surface area contributed by atoms with E-state index in [4.69, 9.17) is 4.98 Å². The lowest BCUT2D eigenvalue weighted by molar-refractivity contribution is -0.107. The molecule has 43 heavy (non-hydrogen) atoms. The predicted octanol–water partition coefficient (Wildman–Crippen LogP) is 8.69. The van der Waals surface area contributed by atoms with Crippen LogP contribution >= 0.6 is 11.8 Å². The fourth-order valence-electron chi connectivity index (χ4n) is 5.54. The van der Waals surface area contributed by atoms with E-state index in [0.29, 0.717) is 0 Å². The molecule has 3 heterocycles. The van der Waals surface area contributed by atoms with E-state index >= 15 is 0 Å². The SMILES string of the molecule is C1CCNCC1.CN(C=O)c1ccc(-c2cnc3[nH]c4ccc(CSc5ccccc5)cc4c3c2-c2ccccc2)cc1. The molecule has 5 nitrogen and oxygen atoms in total. The topological polar surface area (TPSA) is 61.0 Å². The first-order valence-corrected chi connectivity index (χ1v) is 15.9. The third-order valence-corrected chi connectivity index (χ3v) is 8.93. The highest BCUT2D eigenvalue weighted by molar-refractivity contribution is 7.98. The summed E-state index contributed by atoms with van der Waals surface area (Å²) in [4.78, 5) is 22.4. The first-order chi connectivity index (χ1) is 21.2. The molecule has 216 valence electrons. The van der Waals surface area contributed by atoms with E-state index in [2.05, 4.69) is 89.2 Å². The maximum atomic E-state index is 11.2. The molecule has 7 rings (SSSR count). The number of aromatic nitrogens is 2. The Morgan fingerprint density at radius 3 is 2.21 bits per heavy atom. The first-order valence-electron chi connectivity index (χ1n) is 14.9. The Kier molecular flexibility index (Phi) is 9.16. The number of benzene rings is 4. The van der Waals surface area contributed by atoms with Crippen LogP contribution in [0.15, 0.2) is 114 Å². The summed E-state index contributed by atoms with van der Waals surface area (Å²) in [5.74, 6) is 0.895. The van der Waals surface area contributed by atoms with E-state index in [1.54, 1.807) is 11.9 Å². The minimum absolute atomic E-state index is 0.817. The van der Waals surface area contributed by atoms with Crippen molar-refractivity contribution < 1.29 is 4.79 Å². The average molecular weight is 585 g/mol. The van der Waals surface area contributed by atoms with Crippen LogP contribution < -0.4 is 10.2 Å². The lowest BCUT2D eigenvalue weighted by Gasteiger charge is -2.14. The van der Waals surface area contributed by atoms with E-state index < -0.39 is 0 Å². The number of carbonyl (C=O) groups is 1. The van der Waals surface area contributed by atoms with Crippen molar-refractivity contribution in [2.45, 2.75) is 29.9 Å². The molecule has 0 bridgehead atoms. The van der Waals surface area contributed by atoms with Crippen molar-refractivity contribution in [1.82, 2.24) is 15.3 Å². The molecule has 0 spiro atoms. The van der Waals surface area contributed by atoms with Crippen LogP contribution in [0.4, 0.5) is 5.69 Å². The van der Waals surface area contributed by atoms with E-state index in [1.807, 2.05) is 42.2 Å². The van der Waals surface area contributed by atoms with Crippen LogP contribution in [0.5, 0.6) is 0 Å². The number of thioether (sulfide) groups is 1. The molecule has 0 saturated carbocycles. The van der Waals surface area contributed by atoms with Crippen molar-refractivity contribution in [3.63, 3.8) is 0 Å². The second kappa shape index (κ2) is 13.7. The number of hydrogen-bond donors (Lipinski definition) is 2. The molecule has 4 aromatic carbocycles. The van der Waals surface area contributed by atoms with Crippen molar-refractivity contribution in [3.8, 4) is 22.3 Å². The standard InChI is InChI=1S/C32H25N3OS.C5H11N/c1-35(21-36)25-15-13-23(14-16-25)28-19-33-32-31(30(28)24-8-4-2-5-9-24)27-18-22(12-17-29(27)34-32)20-37-26-10-6-3-7-11-26;1-2-4-6-5-3-1/h2-19,21H,20H2,1H3,(H,33,34);6H,1-5H2. The van der Waals surface area contributed by atoms with Gasteiger partial charge in [0.15, 0.2) is 0 Å².